The van der Waals surface area contributed by atoms with Crippen molar-refractivity contribution in [3.8, 4) is 0 Å². The van der Waals surface area contributed by atoms with Gasteiger partial charge in [0, 0.05) is 56.0 Å². The lowest BCUT2D eigenvalue weighted by molar-refractivity contribution is 0.0521. The lowest BCUT2D eigenvalue weighted by Gasteiger charge is -2.34. The van der Waals surface area contributed by atoms with Gasteiger partial charge >= 0.3 is 5.97 Å². The van der Waals surface area contributed by atoms with Crippen LogP contribution in [-0.4, -0.2) is 92.6 Å². The number of aliphatic hydroxyl groups is 1. The van der Waals surface area contributed by atoms with Crippen LogP contribution in [0.1, 0.15) is 23.8 Å². The van der Waals surface area contributed by atoms with Crippen LogP contribution in [0.4, 0.5) is 11.4 Å². The van der Waals surface area contributed by atoms with Crippen LogP contribution >= 0.6 is 0 Å². The molecule has 2 saturated heterocycles. The van der Waals surface area contributed by atoms with Gasteiger partial charge in [0.15, 0.2) is 5.69 Å². The van der Waals surface area contributed by atoms with Crippen LogP contribution in [0.3, 0.4) is 0 Å². The number of carbonyl (C=O) groups is 1. The Morgan fingerprint density at radius 3 is 2.50 bits per heavy atom. The molecule has 36 heavy (non-hydrogen) atoms. The monoisotopic (exact) mass is 513 g/mol. The molecule has 1 atom stereocenters. The van der Waals surface area contributed by atoms with Crippen molar-refractivity contribution < 1.29 is 23.1 Å². The van der Waals surface area contributed by atoms with Gasteiger partial charge in [-0.05, 0) is 56.8 Å². The second kappa shape index (κ2) is 9.72. The first-order chi connectivity index (χ1) is 17.3. The molecule has 2 aromatic carbocycles. The Labute approximate surface area is 210 Å². The number of rotatable bonds is 6. The van der Waals surface area contributed by atoms with Gasteiger partial charge in [-0.2, -0.15) is 12.5 Å². The van der Waals surface area contributed by atoms with Crippen molar-refractivity contribution in [1.29, 1.82) is 0 Å². The molecule has 5 rings (SSSR count). The number of likely N-dealkylation sites (N-methyl/N-ethyl adjacent to an activating group) is 1. The number of hydrogen-bond acceptors (Lipinski definition) is 9. The van der Waals surface area contributed by atoms with Crippen molar-refractivity contribution in [3.63, 3.8) is 0 Å². The third-order valence-electron chi connectivity index (χ3n) is 6.84. The molecule has 0 radical (unpaired) electrons. The van der Waals surface area contributed by atoms with Gasteiger partial charge in [-0.3, -0.25) is 0 Å². The highest BCUT2D eigenvalue weighted by Crippen LogP contribution is 2.30. The zero-order valence-corrected chi connectivity index (χ0v) is 21.3. The molecule has 1 unspecified atom stereocenters. The standard InChI is InChI=1S/C25H31N5O5S/c1-3-35-25(32)24-22-8-7-19(28-13-11-27(2)12-14-28)16-23(22)30(26-24)36(33,34)21-6-4-5-18(15-21)29-10-9-20(31)17-29/h4-8,15-16,20,31H,3,9-14,17H2,1-2H3. The maximum atomic E-state index is 13.9. The van der Waals surface area contributed by atoms with Gasteiger partial charge in [-0.15, -0.1) is 5.10 Å². The Morgan fingerprint density at radius 1 is 1.06 bits per heavy atom. The van der Waals surface area contributed by atoms with Gasteiger partial charge in [0.05, 0.1) is 23.1 Å². The number of benzene rings is 2. The van der Waals surface area contributed by atoms with Gasteiger partial charge in [0.25, 0.3) is 10.0 Å². The Bertz CT molecular complexity index is 1380. The summed E-state index contributed by atoms with van der Waals surface area (Å²) in [4.78, 5) is 19.1. The van der Waals surface area contributed by atoms with E-state index < -0.39 is 22.1 Å². The number of piperazine rings is 1. The van der Waals surface area contributed by atoms with Gasteiger partial charge in [0.2, 0.25) is 0 Å². The van der Waals surface area contributed by atoms with E-state index in [0.717, 1.165) is 36.0 Å². The van der Waals surface area contributed by atoms with Gasteiger partial charge in [-0.25, -0.2) is 4.79 Å². The molecule has 2 aliphatic rings. The molecule has 1 N–H and O–H groups in total. The minimum Gasteiger partial charge on any atom is -0.461 e. The van der Waals surface area contributed by atoms with Crippen molar-refractivity contribution in [1.82, 2.24) is 14.1 Å². The number of fused-ring (bicyclic) bond motifs is 1. The molecular weight excluding hydrogens is 482 g/mol. The quantitative estimate of drug-likeness (QED) is 0.494. The number of nitrogens with zero attached hydrogens (tertiary/aromatic N) is 5. The third-order valence-corrected chi connectivity index (χ3v) is 8.43. The summed E-state index contributed by atoms with van der Waals surface area (Å²) in [7, 11) is -2.06. The number of carbonyl (C=O) groups excluding carboxylic acids is 1. The number of anilines is 2. The first-order valence-corrected chi connectivity index (χ1v) is 13.6. The Morgan fingerprint density at radius 2 is 1.81 bits per heavy atom. The van der Waals surface area contributed by atoms with E-state index in [-0.39, 0.29) is 17.2 Å². The van der Waals surface area contributed by atoms with Crippen LogP contribution in [0.2, 0.25) is 0 Å². The number of esters is 1. The van der Waals surface area contributed by atoms with Crippen molar-refractivity contribution in [3.05, 3.63) is 48.2 Å². The third kappa shape index (κ3) is 4.54. The lowest BCUT2D eigenvalue weighted by Crippen LogP contribution is -2.44. The molecule has 0 aliphatic carbocycles. The largest absolute Gasteiger partial charge is 0.461 e. The van der Waals surface area contributed by atoms with E-state index in [4.69, 9.17) is 4.74 Å². The highest BCUT2D eigenvalue weighted by molar-refractivity contribution is 7.90. The van der Waals surface area contributed by atoms with E-state index >= 15 is 0 Å². The first-order valence-electron chi connectivity index (χ1n) is 12.2. The summed E-state index contributed by atoms with van der Waals surface area (Å²) in [6, 6.07) is 12.1. The summed E-state index contributed by atoms with van der Waals surface area (Å²) in [6.07, 6.45) is 0.208. The molecular formula is C25H31N5O5S. The van der Waals surface area contributed by atoms with E-state index in [1.165, 1.54) is 6.07 Å². The summed E-state index contributed by atoms with van der Waals surface area (Å²) in [5, 5.41) is 14.6. The molecule has 1 aromatic heterocycles. The highest BCUT2D eigenvalue weighted by atomic mass is 32.2. The molecule has 0 saturated carbocycles. The van der Waals surface area contributed by atoms with E-state index in [2.05, 4.69) is 21.9 Å². The summed E-state index contributed by atoms with van der Waals surface area (Å²) in [5.41, 5.74) is 1.89. The fourth-order valence-electron chi connectivity index (χ4n) is 4.79. The summed E-state index contributed by atoms with van der Waals surface area (Å²) >= 11 is 0. The van der Waals surface area contributed by atoms with E-state index in [9.17, 15) is 18.3 Å². The predicted molar refractivity (Wildman–Crippen MR) is 137 cm³/mol. The van der Waals surface area contributed by atoms with E-state index in [1.54, 1.807) is 31.2 Å². The van der Waals surface area contributed by atoms with E-state index in [1.807, 2.05) is 17.0 Å². The van der Waals surface area contributed by atoms with Gasteiger partial charge < -0.3 is 24.5 Å². The second-order valence-electron chi connectivity index (χ2n) is 9.29. The highest BCUT2D eigenvalue weighted by Gasteiger charge is 2.28. The van der Waals surface area contributed by atoms with Crippen LogP contribution in [0.5, 0.6) is 0 Å². The average Bonchev–Trinajstić information content (AvgIpc) is 3.48. The molecule has 0 amide bonds. The fraction of sp³-hybridized carbons (Fsp3) is 0.440. The zero-order chi connectivity index (χ0) is 25.4. The van der Waals surface area contributed by atoms with Crippen LogP contribution in [-0.2, 0) is 14.8 Å². The number of ether oxygens (including phenoxy) is 1. The van der Waals surface area contributed by atoms with Gasteiger partial charge in [-0.1, -0.05) is 6.07 Å². The van der Waals surface area contributed by atoms with Gasteiger partial charge in [0.1, 0.15) is 0 Å². The molecule has 2 aliphatic heterocycles. The molecule has 0 spiro atoms. The number of aromatic nitrogens is 2. The van der Waals surface area contributed by atoms with E-state index in [0.29, 0.717) is 36.1 Å². The fourth-order valence-corrected chi connectivity index (χ4v) is 6.11. The molecule has 11 heteroatoms. The molecule has 192 valence electrons. The van der Waals surface area contributed by atoms with Crippen LogP contribution in [0, 0.1) is 0 Å². The molecule has 3 aromatic rings. The number of aliphatic hydroxyl groups excluding tert-OH is 1. The molecule has 2 fully saturated rings. The Hall–Kier alpha value is -3.15. The van der Waals surface area contributed by atoms with Crippen molar-refractivity contribution in [2.45, 2.75) is 24.3 Å². The normalized spacial score (nSPS) is 19.2. The molecule has 0 bridgehead atoms. The summed E-state index contributed by atoms with van der Waals surface area (Å²) in [6.45, 7) is 6.40. The van der Waals surface area contributed by atoms with Crippen LogP contribution in [0.25, 0.3) is 10.9 Å². The minimum absolute atomic E-state index is 0.0285. The molecule has 10 nitrogen and oxygen atoms in total. The summed E-state index contributed by atoms with van der Waals surface area (Å²) in [5.74, 6) is -0.663. The van der Waals surface area contributed by atoms with Crippen molar-refractivity contribution in [2.24, 2.45) is 0 Å². The second-order valence-corrected chi connectivity index (χ2v) is 11.1. The lowest BCUT2D eigenvalue weighted by atomic mass is 10.1. The Kier molecular flexibility index (Phi) is 6.62. The zero-order valence-electron chi connectivity index (χ0n) is 20.5. The predicted octanol–water partition coefficient (Wildman–Crippen LogP) is 1.77. The molecule has 3 heterocycles. The maximum absolute atomic E-state index is 13.9. The van der Waals surface area contributed by atoms with Crippen molar-refractivity contribution >= 4 is 38.3 Å². The minimum atomic E-state index is -4.13. The number of β-amino-alcohol motifs (C(OH)–C–C–N with tert-alkyl or cyclic N) is 1. The van der Waals surface area contributed by atoms with Crippen molar-refractivity contribution in [2.75, 3.05) is 62.7 Å². The number of hydrogen-bond donors (Lipinski definition) is 1. The van der Waals surface area contributed by atoms with Crippen LogP contribution in [0.15, 0.2) is 47.4 Å². The smallest absolute Gasteiger partial charge is 0.359 e. The average molecular weight is 514 g/mol. The maximum Gasteiger partial charge on any atom is 0.359 e. The topological polar surface area (TPSA) is 108 Å². The first kappa shape index (κ1) is 24.5. The van der Waals surface area contributed by atoms with Crippen LogP contribution < -0.4 is 9.80 Å². The Balaban J connectivity index is 1.60. The SMILES string of the molecule is CCOC(=O)c1nn(S(=O)(=O)c2cccc(N3CCC(O)C3)c2)c2cc(N3CCN(C)CC3)ccc12. The summed E-state index contributed by atoms with van der Waals surface area (Å²) < 4.78 is 33.8.